The quantitative estimate of drug-likeness (QED) is 0.587. The highest BCUT2D eigenvalue weighted by atomic mass is 32.2. The van der Waals surface area contributed by atoms with Gasteiger partial charge >= 0.3 is 0 Å². The fourth-order valence-corrected chi connectivity index (χ4v) is 3.23. The molecule has 14 heavy (non-hydrogen) atoms. The van der Waals surface area contributed by atoms with Gasteiger partial charge in [0.1, 0.15) is 0 Å². The average Bonchev–Trinajstić information content (AvgIpc) is 2.19. The first-order chi connectivity index (χ1) is 6.81. The van der Waals surface area contributed by atoms with Crippen LogP contribution >= 0.6 is 23.5 Å². The van der Waals surface area contributed by atoms with Crippen LogP contribution in [0, 0.1) is 0 Å². The molecule has 0 aromatic heterocycles. The topological polar surface area (TPSA) is 20.2 Å². The van der Waals surface area contributed by atoms with E-state index in [-0.39, 0.29) is 6.10 Å². The van der Waals surface area contributed by atoms with Crippen LogP contribution in [0.3, 0.4) is 0 Å². The maximum atomic E-state index is 9.61. The lowest BCUT2D eigenvalue weighted by Crippen LogP contribution is -2.13. The van der Waals surface area contributed by atoms with Gasteiger partial charge in [-0.25, -0.2) is 0 Å². The van der Waals surface area contributed by atoms with E-state index in [1.165, 1.54) is 37.2 Å². The zero-order valence-corrected chi connectivity index (χ0v) is 11.1. The molecule has 0 aromatic carbocycles. The molecular formula is C11H24OS2. The number of rotatable bonds is 10. The van der Waals surface area contributed by atoms with Crippen molar-refractivity contribution in [2.24, 2.45) is 0 Å². The van der Waals surface area contributed by atoms with Crippen LogP contribution in [0.25, 0.3) is 0 Å². The standard InChI is InChI=1S/C11H24OS2/c1-3-5-7-13-9-11(12)10-14-8-6-4-2/h11-12H,3-10H2,1-2H3. The smallest absolute Gasteiger partial charge is 0.0720 e. The van der Waals surface area contributed by atoms with Crippen LogP contribution in [-0.4, -0.2) is 34.2 Å². The van der Waals surface area contributed by atoms with E-state index in [1.54, 1.807) is 0 Å². The van der Waals surface area contributed by atoms with Crippen LogP contribution in [0.15, 0.2) is 0 Å². The lowest BCUT2D eigenvalue weighted by Gasteiger charge is -2.09. The second-order valence-corrected chi connectivity index (χ2v) is 5.81. The average molecular weight is 236 g/mol. The zero-order chi connectivity index (χ0) is 10.6. The van der Waals surface area contributed by atoms with E-state index in [0.717, 1.165) is 11.5 Å². The Morgan fingerprint density at radius 2 is 1.36 bits per heavy atom. The Morgan fingerprint density at radius 3 is 1.71 bits per heavy atom. The zero-order valence-electron chi connectivity index (χ0n) is 9.50. The van der Waals surface area contributed by atoms with Gasteiger partial charge in [0.15, 0.2) is 0 Å². The molecule has 0 spiro atoms. The van der Waals surface area contributed by atoms with Crippen LogP contribution in [0.5, 0.6) is 0 Å². The van der Waals surface area contributed by atoms with Gasteiger partial charge in [-0.2, -0.15) is 23.5 Å². The molecule has 0 aromatic rings. The Labute approximate surface area is 97.4 Å². The van der Waals surface area contributed by atoms with E-state index in [9.17, 15) is 5.11 Å². The second kappa shape index (κ2) is 11.7. The Bertz CT molecular complexity index is 97.5. The van der Waals surface area contributed by atoms with Gasteiger partial charge in [0.05, 0.1) is 6.10 Å². The fourth-order valence-electron chi connectivity index (χ4n) is 0.980. The van der Waals surface area contributed by atoms with E-state index < -0.39 is 0 Å². The van der Waals surface area contributed by atoms with Crippen molar-refractivity contribution in [3.8, 4) is 0 Å². The van der Waals surface area contributed by atoms with E-state index >= 15 is 0 Å². The van der Waals surface area contributed by atoms with Crippen molar-refractivity contribution in [1.29, 1.82) is 0 Å². The maximum Gasteiger partial charge on any atom is 0.0720 e. The van der Waals surface area contributed by atoms with Crippen molar-refractivity contribution in [2.45, 2.75) is 45.6 Å². The molecule has 0 saturated heterocycles. The van der Waals surface area contributed by atoms with Crippen molar-refractivity contribution < 1.29 is 5.11 Å². The molecule has 0 saturated carbocycles. The van der Waals surface area contributed by atoms with Gasteiger partial charge in [-0.1, -0.05) is 26.7 Å². The largest absolute Gasteiger partial charge is 0.391 e. The minimum Gasteiger partial charge on any atom is -0.391 e. The van der Waals surface area contributed by atoms with E-state index in [1.807, 2.05) is 23.5 Å². The predicted molar refractivity (Wildman–Crippen MR) is 70.5 cm³/mol. The first-order valence-corrected chi connectivity index (χ1v) is 7.95. The van der Waals surface area contributed by atoms with Crippen LogP contribution in [0.4, 0.5) is 0 Å². The van der Waals surface area contributed by atoms with E-state index in [2.05, 4.69) is 13.8 Å². The SMILES string of the molecule is CCCCSCC(O)CSCCCC. The molecule has 0 bridgehead atoms. The molecule has 0 unspecified atom stereocenters. The number of aliphatic hydroxyl groups excluding tert-OH is 1. The minimum absolute atomic E-state index is 0.0984. The summed E-state index contributed by atoms with van der Waals surface area (Å²) in [5.74, 6) is 4.23. The highest BCUT2D eigenvalue weighted by molar-refractivity contribution is 8.00. The Hall–Kier alpha value is 0.660. The molecule has 3 heteroatoms. The summed E-state index contributed by atoms with van der Waals surface area (Å²) in [6.07, 6.45) is 4.97. The Morgan fingerprint density at radius 1 is 0.929 bits per heavy atom. The summed E-state index contributed by atoms with van der Waals surface area (Å²) in [4.78, 5) is 0. The highest BCUT2D eigenvalue weighted by Gasteiger charge is 2.03. The summed E-state index contributed by atoms with van der Waals surface area (Å²) in [6, 6.07) is 0. The van der Waals surface area contributed by atoms with Gasteiger partial charge in [-0.3, -0.25) is 0 Å². The van der Waals surface area contributed by atoms with Gasteiger partial charge in [-0.15, -0.1) is 0 Å². The molecule has 0 aliphatic rings. The third-order valence-electron chi connectivity index (χ3n) is 1.90. The third kappa shape index (κ3) is 10.7. The summed E-state index contributed by atoms with van der Waals surface area (Å²) in [5, 5.41) is 9.61. The van der Waals surface area contributed by atoms with Gasteiger partial charge in [0.2, 0.25) is 0 Å². The first kappa shape index (κ1) is 14.7. The number of thioether (sulfide) groups is 2. The van der Waals surface area contributed by atoms with Crippen molar-refractivity contribution in [1.82, 2.24) is 0 Å². The van der Waals surface area contributed by atoms with Crippen LogP contribution in [-0.2, 0) is 0 Å². The fraction of sp³-hybridized carbons (Fsp3) is 1.00. The molecule has 0 heterocycles. The van der Waals surface area contributed by atoms with Gasteiger partial charge in [0, 0.05) is 11.5 Å². The summed E-state index contributed by atoms with van der Waals surface area (Å²) < 4.78 is 0. The predicted octanol–water partition coefficient (Wildman–Crippen LogP) is 3.41. The van der Waals surface area contributed by atoms with E-state index in [4.69, 9.17) is 0 Å². The number of hydrogen-bond acceptors (Lipinski definition) is 3. The van der Waals surface area contributed by atoms with Crippen molar-refractivity contribution in [2.75, 3.05) is 23.0 Å². The molecule has 0 aliphatic carbocycles. The minimum atomic E-state index is -0.0984. The van der Waals surface area contributed by atoms with Crippen molar-refractivity contribution >= 4 is 23.5 Å². The normalized spacial score (nSPS) is 11.1. The second-order valence-electron chi connectivity index (χ2n) is 3.51. The van der Waals surface area contributed by atoms with E-state index in [0.29, 0.717) is 0 Å². The molecule has 1 N–H and O–H groups in total. The Balaban J connectivity index is 3.07. The monoisotopic (exact) mass is 236 g/mol. The number of aliphatic hydroxyl groups is 1. The van der Waals surface area contributed by atoms with Crippen molar-refractivity contribution in [3.05, 3.63) is 0 Å². The summed E-state index contributed by atoms with van der Waals surface area (Å²) in [5.41, 5.74) is 0. The molecule has 0 rings (SSSR count). The summed E-state index contributed by atoms with van der Waals surface area (Å²) in [6.45, 7) is 4.41. The first-order valence-electron chi connectivity index (χ1n) is 5.64. The van der Waals surface area contributed by atoms with Crippen LogP contribution in [0.2, 0.25) is 0 Å². The van der Waals surface area contributed by atoms with Gasteiger partial charge < -0.3 is 5.11 Å². The molecule has 1 nitrogen and oxygen atoms in total. The lowest BCUT2D eigenvalue weighted by molar-refractivity contribution is 0.225. The molecule has 0 atom stereocenters. The number of unbranched alkanes of at least 4 members (excludes halogenated alkanes) is 2. The maximum absolute atomic E-state index is 9.61. The molecule has 0 fully saturated rings. The summed E-state index contributed by atoms with van der Waals surface area (Å²) >= 11 is 3.77. The van der Waals surface area contributed by atoms with Gasteiger partial charge in [0.25, 0.3) is 0 Å². The van der Waals surface area contributed by atoms with Gasteiger partial charge in [-0.05, 0) is 24.3 Å². The lowest BCUT2D eigenvalue weighted by atomic mass is 10.4. The molecule has 0 aliphatic heterocycles. The molecule has 0 amide bonds. The van der Waals surface area contributed by atoms with Crippen LogP contribution < -0.4 is 0 Å². The highest BCUT2D eigenvalue weighted by Crippen LogP contribution is 2.11. The molecule has 0 radical (unpaired) electrons. The molecular weight excluding hydrogens is 212 g/mol. The number of hydrogen-bond donors (Lipinski definition) is 1. The summed E-state index contributed by atoms with van der Waals surface area (Å²) in [7, 11) is 0. The Kier molecular flexibility index (Phi) is 12.3. The van der Waals surface area contributed by atoms with Crippen molar-refractivity contribution in [3.63, 3.8) is 0 Å². The third-order valence-corrected chi connectivity index (χ3v) is 4.30. The van der Waals surface area contributed by atoms with Crippen LogP contribution in [0.1, 0.15) is 39.5 Å². The molecule has 86 valence electrons.